The van der Waals surface area contributed by atoms with Gasteiger partial charge in [0.15, 0.2) is 0 Å². The number of aliphatic hydroxyl groups excluding tert-OH is 1. The molecule has 87 heavy (non-hydrogen) atoms. The zero-order valence-corrected chi connectivity index (χ0v) is 48.7. The Morgan fingerprint density at radius 3 is 2.25 bits per heavy atom. The Morgan fingerprint density at radius 2 is 1.57 bits per heavy atom. The first-order valence-electron chi connectivity index (χ1n) is 29.0. The first-order valence-corrected chi connectivity index (χ1v) is 29.0. The van der Waals surface area contributed by atoms with E-state index < -0.39 is 115 Å². The number of aromatic nitrogens is 2. The average Bonchev–Trinajstić information content (AvgIpc) is 1.86. The molecular formula is C60H75F4N11O12. The van der Waals surface area contributed by atoms with Crippen molar-refractivity contribution in [3.8, 4) is 17.0 Å². The maximum Gasteiger partial charge on any atom is 0.410 e. The van der Waals surface area contributed by atoms with Gasteiger partial charge in [-0.15, -0.1) is 0 Å². The molecule has 0 aliphatic carbocycles. The number of primary amides is 1. The number of carbonyl (C=O) groups excluding carboxylic acids is 8. The summed E-state index contributed by atoms with van der Waals surface area (Å²) in [4.78, 5) is 112. The van der Waals surface area contributed by atoms with Gasteiger partial charge in [0.05, 0.1) is 30.9 Å². The summed E-state index contributed by atoms with van der Waals surface area (Å²) in [5, 5.41) is 33.8. The number of anilines is 1. The number of aliphatic hydroxyl groups is 1. The van der Waals surface area contributed by atoms with Gasteiger partial charge < -0.3 is 66.4 Å². The van der Waals surface area contributed by atoms with Crippen molar-refractivity contribution in [1.82, 2.24) is 45.5 Å². The SMILES string of the molecule is CC(C)[C@H](NC(=O)CCCCCN1C(=O)C=CC1=O)C(=O)N[C@@H](CCCNC(N)=O)C(=O)Nc1ccc(COC(=O)N2C[C@@H](CN(C(=O)N[C@@H](C)CO)[C@@H](c3nc(-c4cc(F)ccc4F)cn3Cc3cc(O)cc(F)c3)C3CCOCC3)[C@@H](F)C2)cc1. The number of nitrogens with two attached hydrogens (primary N) is 1. The number of imidazole rings is 1. The summed E-state index contributed by atoms with van der Waals surface area (Å²) < 4.78 is 74.2. The van der Waals surface area contributed by atoms with E-state index in [9.17, 15) is 57.4 Å². The van der Waals surface area contributed by atoms with Crippen molar-refractivity contribution in [1.29, 1.82) is 0 Å². The van der Waals surface area contributed by atoms with E-state index in [1.54, 1.807) is 32.9 Å². The Kier molecular flexibility index (Phi) is 23.6. The number of hydrogen-bond donors (Lipinski definition) is 8. The molecule has 6 atom stereocenters. The van der Waals surface area contributed by atoms with Crippen LogP contribution in [0.25, 0.3) is 11.3 Å². The Labute approximate surface area is 500 Å². The molecule has 0 unspecified atom stereocenters. The van der Waals surface area contributed by atoms with Gasteiger partial charge in [0.25, 0.3) is 11.8 Å². The Bertz CT molecular complexity index is 3090. The largest absolute Gasteiger partial charge is 0.508 e. The topological polar surface area (TPSA) is 309 Å². The number of rotatable bonds is 28. The van der Waals surface area contributed by atoms with Crippen LogP contribution in [-0.2, 0) is 46.6 Å². The summed E-state index contributed by atoms with van der Waals surface area (Å²) in [6, 6.07) is 6.94. The van der Waals surface area contributed by atoms with E-state index in [2.05, 4.69) is 26.6 Å². The fourth-order valence-corrected chi connectivity index (χ4v) is 10.6. The van der Waals surface area contributed by atoms with Crippen LogP contribution in [0.15, 0.2) is 79.0 Å². The highest BCUT2D eigenvalue weighted by molar-refractivity contribution is 6.12. The number of amides is 10. The molecule has 4 aromatic rings. The minimum absolute atomic E-state index is 0.0334. The van der Waals surface area contributed by atoms with Crippen molar-refractivity contribution >= 4 is 53.4 Å². The molecule has 27 heteroatoms. The lowest BCUT2D eigenvalue weighted by atomic mass is 9.89. The Balaban J connectivity index is 1.01. The summed E-state index contributed by atoms with van der Waals surface area (Å²) in [6.45, 7) is 4.00. The van der Waals surface area contributed by atoms with Gasteiger partial charge in [-0.05, 0) is 111 Å². The lowest BCUT2D eigenvalue weighted by molar-refractivity contribution is -0.137. The zero-order valence-electron chi connectivity index (χ0n) is 48.7. The average molecular weight is 1220 g/mol. The van der Waals surface area contributed by atoms with Crippen LogP contribution >= 0.6 is 0 Å². The number of ether oxygens (including phenoxy) is 2. The number of imide groups is 1. The molecule has 0 radical (unpaired) electrons. The number of phenolic OH excluding ortho intramolecular Hbond substituents is 1. The van der Waals surface area contributed by atoms with Crippen molar-refractivity contribution in [3.63, 3.8) is 0 Å². The molecule has 7 rings (SSSR count). The summed E-state index contributed by atoms with van der Waals surface area (Å²) in [7, 11) is 0. The van der Waals surface area contributed by atoms with Gasteiger partial charge in [-0.25, -0.2) is 36.9 Å². The van der Waals surface area contributed by atoms with Crippen molar-refractivity contribution in [2.75, 3.05) is 57.9 Å². The predicted molar refractivity (Wildman–Crippen MR) is 308 cm³/mol. The molecule has 0 bridgehead atoms. The summed E-state index contributed by atoms with van der Waals surface area (Å²) in [6.07, 6.45) is 3.82. The van der Waals surface area contributed by atoms with Crippen molar-refractivity contribution < 1.29 is 75.6 Å². The molecule has 3 aromatic carbocycles. The highest BCUT2D eigenvalue weighted by Crippen LogP contribution is 2.39. The number of urea groups is 2. The number of phenols is 1. The third-order valence-corrected chi connectivity index (χ3v) is 15.2. The van der Waals surface area contributed by atoms with E-state index in [4.69, 9.17) is 20.2 Å². The fourth-order valence-electron chi connectivity index (χ4n) is 10.6. The van der Waals surface area contributed by atoms with Crippen LogP contribution in [0.1, 0.15) is 95.1 Å². The first kappa shape index (κ1) is 65.9. The first-order chi connectivity index (χ1) is 41.6. The second-order valence-corrected chi connectivity index (χ2v) is 22.3. The van der Waals surface area contributed by atoms with Crippen molar-refractivity contribution in [2.45, 2.75) is 116 Å². The number of alkyl halides is 1. The van der Waals surface area contributed by atoms with Crippen LogP contribution in [0.2, 0.25) is 0 Å². The van der Waals surface area contributed by atoms with Crippen molar-refractivity contribution in [3.05, 3.63) is 113 Å². The molecule has 3 aliphatic rings. The van der Waals surface area contributed by atoms with Crippen LogP contribution < -0.4 is 32.3 Å². The molecule has 3 aliphatic heterocycles. The van der Waals surface area contributed by atoms with E-state index in [-0.39, 0.29) is 112 Å². The number of nitrogens with one attached hydrogen (secondary N) is 5. The van der Waals surface area contributed by atoms with Gasteiger partial charge in [0, 0.05) is 93.9 Å². The summed E-state index contributed by atoms with van der Waals surface area (Å²) >= 11 is 0. The molecule has 0 saturated carbocycles. The molecule has 9 N–H and O–H groups in total. The number of benzene rings is 3. The number of aromatic hydroxyl groups is 1. The van der Waals surface area contributed by atoms with Crippen LogP contribution in [-0.4, -0.2) is 159 Å². The van der Waals surface area contributed by atoms with Crippen LogP contribution in [0.3, 0.4) is 0 Å². The third-order valence-electron chi connectivity index (χ3n) is 15.2. The Hall–Kier alpha value is -8.59. The lowest BCUT2D eigenvalue weighted by Gasteiger charge is -2.40. The molecule has 4 heterocycles. The number of halogens is 4. The normalized spacial score (nSPS) is 17.4. The molecule has 2 fully saturated rings. The standard InChI is InChI=1S/C60H75F4N11O12/c1-35(2)53(71-50(78)9-5-4-6-21-74-51(79)16-17-52(74)80)57(82)70-48(8-7-20-66-58(65)83)56(81)68-43-13-10-37(11-14-43)34-87-60(85)73-29-40(47(64)31-73)30-75(59(84)67-36(3)33-76)54(39-18-22-86-23-19-39)55-69-49(45-27-41(61)12-15-46(45)63)32-72(55)28-38-24-42(62)26-44(77)25-38/h10-17,24-27,32,35-36,39-40,47-48,53-54,76-77H,4-9,18-23,28-31,33-34H2,1-3H3,(H,67,84)(H,68,81)(H,70,82)(H,71,78)(H3,65,66,83)/t36-,40-,47-,48-,53-,54+/m0/s1. The van der Waals surface area contributed by atoms with E-state index in [1.165, 1.54) is 52.1 Å². The van der Waals surface area contributed by atoms with Crippen LogP contribution in [0, 0.1) is 35.2 Å². The van der Waals surface area contributed by atoms with Gasteiger partial charge >= 0.3 is 18.2 Å². The summed E-state index contributed by atoms with van der Waals surface area (Å²) in [5.74, 6) is -6.84. The van der Waals surface area contributed by atoms with E-state index >= 15 is 8.78 Å². The number of nitrogens with zero attached hydrogens (tertiary/aromatic N) is 5. The monoisotopic (exact) mass is 1220 g/mol. The number of likely N-dealkylation sites (tertiary alicyclic amines) is 1. The minimum atomic E-state index is -1.69. The quantitative estimate of drug-likeness (QED) is 0.0193. The number of hydrogen-bond acceptors (Lipinski definition) is 13. The van der Waals surface area contributed by atoms with E-state index in [0.717, 1.165) is 34.1 Å². The number of carbonyl (C=O) groups is 8. The smallest absolute Gasteiger partial charge is 0.410 e. The molecule has 470 valence electrons. The minimum Gasteiger partial charge on any atom is -0.508 e. The van der Waals surface area contributed by atoms with Crippen LogP contribution in [0.5, 0.6) is 5.75 Å². The molecule has 0 spiro atoms. The zero-order chi connectivity index (χ0) is 62.9. The highest BCUT2D eigenvalue weighted by atomic mass is 19.1. The molecule has 1 aromatic heterocycles. The highest BCUT2D eigenvalue weighted by Gasteiger charge is 2.43. The van der Waals surface area contributed by atoms with Gasteiger partial charge in [0.1, 0.15) is 53.9 Å². The maximum atomic E-state index is 16.5. The number of unbranched alkanes of at least 4 members (excludes halogenated alkanes) is 2. The van der Waals surface area contributed by atoms with Crippen molar-refractivity contribution in [2.24, 2.45) is 23.5 Å². The maximum absolute atomic E-state index is 16.5. The molecule has 10 amide bonds. The lowest BCUT2D eigenvalue weighted by Crippen LogP contribution is -2.54. The fraction of sp³-hybridized carbons (Fsp3) is 0.483. The van der Waals surface area contributed by atoms with Crippen LogP contribution in [0.4, 0.5) is 37.6 Å². The van der Waals surface area contributed by atoms with Gasteiger partial charge in [-0.1, -0.05) is 32.4 Å². The second kappa shape index (κ2) is 31.2. The molecular weight excluding hydrogens is 1140 g/mol. The van der Waals surface area contributed by atoms with E-state index in [1.807, 2.05) is 0 Å². The molecule has 2 saturated heterocycles. The second-order valence-electron chi connectivity index (χ2n) is 22.3. The van der Waals surface area contributed by atoms with Gasteiger partial charge in [-0.2, -0.15) is 0 Å². The predicted octanol–water partition coefficient (Wildman–Crippen LogP) is 5.69. The van der Waals surface area contributed by atoms with Gasteiger partial charge in [0.2, 0.25) is 17.7 Å². The molecule has 23 nitrogen and oxygen atoms in total. The Morgan fingerprint density at radius 1 is 0.851 bits per heavy atom. The van der Waals surface area contributed by atoms with E-state index in [0.29, 0.717) is 43.4 Å². The van der Waals surface area contributed by atoms with Gasteiger partial charge in [-0.3, -0.25) is 28.9 Å². The third kappa shape index (κ3) is 18.7. The summed E-state index contributed by atoms with van der Waals surface area (Å²) in [5.41, 5.74) is 6.01.